The summed E-state index contributed by atoms with van der Waals surface area (Å²) in [6.07, 6.45) is 3.16. The number of hydrogen-bond acceptors (Lipinski definition) is 6. The van der Waals surface area contributed by atoms with Gasteiger partial charge in [0.15, 0.2) is 5.82 Å². The summed E-state index contributed by atoms with van der Waals surface area (Å²) in [7, 11) is -5.82. The van der Waals surface area contributed by atoms with Crippen molar-refractivity contribution < 1.29 is 16.8 Å². The van der Waals surface area contributed by atoms with Gasteiger partial charge in [0, 0.05) is 18.7 Å². The standard InChI is InChI=1S/C18H19N5O4S2/c1-23-12-19-20-18(23)16-4-2-3-5-17(16)22-29(26,27)15-10-8-14(9-11-15)28(24,25)21-13-6-7-13/h2-5,8-13,21-22H,6-7H2,1H3. The molecule has 2 N–H and O–H groups in total. The molecule has 2 aromatic carbocycles. The molecule has 1 aliphatic rings. The summed E-state index contributed by atoms with van der Waals surface area (Å²) < 4.78 is 57.0. The first-order valence-electron chi connectivity index (χ1n) is 8.85. The molecule has 0 bridgehead atoms. The molecule has 29 heavy (non-hydrogen) atoms. The third-order valence-electron chi connectivity index (χ3n) is 4.47. The lowest BCUT2D eigenvalue weighted by atomic mass is 10.2. The number of anilines is 1. The van der Waals surface area contributed by atoms with Crippen LogP contribution < -0.4 is 9.44 Å². The zero-order valence-corrected chi connectivity index (χ0v) is 17.1. The van der Waals surface area contributed by atoms with Gasteiger partial charge >= 0.3 is 0 Å². The highest BCUT2D eigenvalue weighted by Gasteiger charge is 2.28. The number of sulfonamides is 2. The molecule has 1 heterocycles. The lowest BCUT2D eigenvalue weighted by Gasteiger charge is -2.13. The van der Waals surface area contributed by atoms with Crippen molar-refractivity contribution in [1.82, 2.24) is 19.5 Å². The smallest absolute Gasteiger partial charge is 0.261 e. The number of rotatable bonds is 7. The van der Waals surface area contributed by atoms with Crippen molar-refractivity contribution in [2.75, 3.05) is 4.72 Å². The highest BCUT2D eigenvalue weighted by molar-refractivity contribution is 7.92. The van der Waals surface area contributed by atoms with E-state index >= 15 is 0 Å². The van der Waals surface area contributed by atoms with Crippen molar-refractivity contribution in [2.24, 2.45) is 7.05 Å². The Labute approximate surface area is 168 Å². The second kappa shape index (κ2) is 7.25. The fourth-order valence-electron chi connectivity index (χ4n) is 2.78. The molecule has 0 amide bonds. The van der Waals surface area contributed by atoms with Crippen LogP contribution in [0, 0.1) is 0 Å². The van der Waals surface area contributed by atoms with E-state index in [1.807, 2.05) is 0 Å². The Morgan fingerprint density at radius 2 is 1.55 bits per heavy atom. The molecular weight excluding hydrogens is 414 g/mol. The van der Waals surface area contributed by atoms with E-state index in [0.29, 0.717) is 17.1 Å². The summed E-state index contributed by atoms with van der Waals surface area (Å²) in [5.74, 6) is 0.510. The second-order valence-electron chi connectivity index (χ2n) is 6.78. The van der Waals surface area contributed by atoms with Crippen LogP contribution in [0.2, 0.25) is 0 Å². The van der Waals surface area contributed by atoms with Gasteiger partial charge in [-0.25, -0.2) is 21.6 Å². The Balaban J connectivity index is 1.61. The number of nitrogens with zero attached hydrogens (tertiary/aromatic N) is 3. The fourth-order valence-corrected chi connectivity index (χ4v) is 5.17. The number of aromatic nitrogens is 3. The van der Waals surface area contributed by atoms with Gasteiger partial charge in [0.2, 0.25) is 10.0 Å². The Hall–Kier alpha value is -2.76. The topological polar surface area (TPSA) is 123 Å². The van der Waals surface area contributed by atoms with Gasteiger partial charge in [-0.15, -0.1) is 10.2 Å². The minimum Gasteiger partial charge on any atom is -0.317 e. The average Bonchev–Trinajstić information content (AvgIpc) is 3.39. The van der Waals surface area contributed by atoms with Gasteiger partial charge in [0.25, 0.3) is 10.0 Å². The number of nitrogens with one attached hydrogen (secondary N) is 2. The maximum Gasteiger partial charge on any atom is 0.261 e. The molecule has 1 saturated carbocycles. The van der Waals surface area contributed by atoms with Crippen LogP contribution in [0.15, 0.2) is 64.6 Å². The lowest BCUT2D eigenvalue weighted by molar-refractivity contribution is 0.580. The van der Waals surface area contributed by atoms with Crippen LogP contribution in [0.4, 0.5) is 5.69 Å². The van der Waals surface area contributed by atoms with E-state index in [1.54, 1.807) is 35.9 Å². The van der Waals surface area contributed by atoms with E-state index in [0.717, 1.165) is 12.8 Å². The quantitative estimate of drug-likeness (QED) is 0.585. The molecule has 4 rings (SSSR count). The minimum absolute atomic E-state index is 0.0258. The van der Waals surface area contributed by atoms with E-state index in [2.05, 4.69) is 19.6 Å². The third-order valence-corrected chi connectivity index (χ3v) is 7.38. The van der Waals surface area contributed by atoms with Gasteiger partial charge < -0.3 is 4.57 Å². The van der Waals surface area contributed by atoms with Crippen LogP contribution in [0.25, 0.3) is 11.4 Å². The molecule has 1 aliphatic carbocycles. The summed E-state index contributed by atoms with van der Waals surface area (Å²) >= 11 is 0. The van der Waals surface area contributed by atoms with Crippen LogP contribution >= 0.6 is 0 Å². The molecular formula is C18H19N5O4S2. The lowest BCUT2D eigenvalue weighted by Crippen LogP contribution is -2.25. The largest absolute Gasteiger partial charge is 0.317 e. The number of hydrogen-bond donors (Lipinski definition) is 2. The first-order valence-corrected chi connectivity index (χ1v) is 11.8. The zero-order chi connectivity index (χ0) is 20.6. The van der Waals surface area contributed by atoms with Crippen molar-refractivity contribution >= 4 is 25.7 Å². The van der Waals surface area contributed by atoms with Gasteiger partial charge in [-0.2, -0.15) is 0 Å². The Morgan fingerprint density at radius 1 is 0.931 bits per heavy atom. The van der Waals surface area contributed by atoms with Gasteiger partial charge in [0.05, 0.1) is 15.5 Å². The monoisotopic (exact) mass is 433 g/mol. The maximum atomic E-state index is 12.8. The van der Waals surface area contributed by atoms with Crippen LogP contribution in [0.5, 0.6) is 0 Å². The summed E-state index contributed by atoms with van der Waals surface area (Å²) in [6.45, 7) is 0. The SMILES string of the molecule is Cn1cnnc1-c1ccccc1NS(=O)(=O)c1ccc(S(=O)(=O)NC2CC2)cc1. The molecule has 9 nitrogen and oxygen atoms in total. The van der Waals surface area contributed by atoms with Gasteiger partial charge in [-0.3, -0.25) is 4.72 Å². The molecule has 0 atom stereocenters. The zero-order valence-electron chi connectivity index (χ0n) is 15.5. The van der Waals surface area contributed by atoms with Gasteiger partial charge in [-0.1, -0.05) is 12.1 Å². The summed E-state index contributed by atoms with van der Waals surface area (Å²) in [4.78, 5) is -0.0153. The molecule has 1 fully saturated rings. The summed E-state index contributed by atoms with van der Waals surface area (Å²) in [5, 5.41) is 7.85. The first-order chi connectivity index (χ1) is 13.8. The third kappa shape index (κ3) is 4.16. The van der Waals surface area contributed by atoms with E-state index in [-0.39, 0.29) is 15.8 Å². The molecule has 1 aromatic heterocycles. The number of benzene rings is 2. The summed E-state index contributed by atoms with van der Waals surface area (Å²) in [5.41, 5.74) is 0.916. The normalized spacial score (nSPS) is 14.7. The van der Waals surface area contributed by atoms with E-state index in [1.165, 1.54) is 30.6 Å². The molecule has 11 heteroatoms. The van der Waals surface area contributed by atoms with Crippen LogP contribution in [0.3, 0.4) is 0 Å². The molecule has 0 spiro atoms. The van der Waals surface area contributed by atoms with Crippen LogP contribution in [0.1, 0.15) is 12.8 Å². The molecule has 0 unspecified atom stereocenters. The fraction of sp³-hybridized carbons (Fsp3) is 0.222. The van der Waals surface area contributed by atoms with Gasteiger partial charge in [-0.05, 0) is 49.2 Å². The Bertz CT molecular complexity index is 1250. The molecule has 0 radical (unpaired) electrons. The van der Waals surface area contributed by atoms with E-state index in [4.69, 9.17) is 0 Å². The molecule has 152 valence electrons. The van der Waals surface area contributed by atoms with Crippen molar-refractivity contribution in [3.63, 3.8) is 0 Å². The van der Waals surface area contributed by atoms with Crippen LogP contribution in [-0.2, 0) is 27.1 Å². The predicted molar refractivity (Wildman–Crippen MR) is 107 cm³/mol. The van der Waals surface area contributed by atoms with Crippen molar-refractivity contribution in [3.05, 3.63) is 54.9 Å². The second-order valence-corrected chi connectivity index (χ2v) is 10.2. The van der Waals surface area contributed by atoms with Crippen molar-refractivity contribution in [2.45, 2.75) is 28.7 Å². The van der Waals surface area contributed by atoms with Crippen molar-refractivity contribution in [3.8, 4) is 11.4 Å². The molecule has 3 aromatic rings. The maximum absolute atomic E-state index is 12.8. The predicted octanol–water partition coefficient (Wildman–Crippen LogP) is 1.72. The number of aryl methyl sites for hydroxylation is 1. The van der Waals surface area contributed by atoms with Crippen molar-refractivity contribution in [1.29, 1.82) is 0 Å². The average molecular weight is 434 g/mol. The summed E-state index contributed by atoms with van der Waals surface area (Å²) in [6, 6.07) is 11.9. The Morgan fingerprint density at radius 3 is 2.14 bits per heavy atom. The minimum atomic E-state index is -3.94. The first kappa shape index (κ1) is 19.6. The van der Waals surface area contributed by atoms with E-state index < -0.39 is 20.0 Å². The van der Waals surface area contributed by atoms with E-state index in [9.17, 15) is 16.8 Å². The molecule has 0 saturated heterocycles. The highest BCUT2D eigenvalue weighted by Crippen LogP contribution is 2.28. The Kier molecular flexibility index (Phi) is 4.89. The highest BCUT2D eigenvalue weighted by atomic mass is 32.2. The molecule has 0 aliphatic heterocycles. The van der Waals surface area contributed by atoms with Gasteiger partial charge in [0.1, 0.15) is 6.33 Å². The van der Waals surface area contributed by atoms with Crippen LogP contribution in [-0.4, -0.2) is 37.6 Å². The number of para-hydroxylation sites is 1.